The lowest BCUT2D eigenvalue weighted by Crippen LogP contribution is -2.67. The van der Waals surface area contributed by atoms with E-state index in [-0.39, 0.29) is 45.3 Å². The summed E-state index contributed by atoms with van der Waals surface area (Å²) in [5.41, 5.74) is -0.779. The Bertz CT molecular complexity index is 1780. The van der Waals surface area contributed by atoms with Crippen molar-refractivity contribution in [2.45, 2.75) is 204 Å². The molecule has 5 aliphatic carbocycles. The Kier molecular flexibility index (Phi) is 14.1. The van der Waals surface area contributed by atoms with Crippen LogP contribution in [0, 0.1) is 50.7 Å². The maximum atomic E-state index is 14.6. The van der Waals surface area contributed by atoms with E-state index in [9.17, 15) is 66.1 Å². The molecule has 8 aliphatic rings. The molecule has 66 heavy (non-hydrogen) atoms. The van der Waals surface area contributed by atoms with Crippen LogP contribution in [-0.2, 0) is 33.2 Å². The van der Waals surface area contributed by atoms with E-state index in [1.807, 2.05) is 6.92 Å². The molecule has 0 aromatic heterocycles. The molecule has 19 nitrogen and oxygen atoms in total. The van der Waals surface area contributed by atoms with E-state index in [1.54, 1.807) is 0 Å². The third-order valence-corrected chi connectivity index (χ3v) is 18.9. The number of esters is 1. The van der Waals surface area contributed by atoms with Crippen molar-refractivity contribution in [3.63, 3.8) is 0 Å². The minimum atomic E-state index is -1.83. The molecule has 0 aromatic rings. The van der Waals surface area contributed by atoms with Gasteiger partial charge in [-0.1, -0.05) is 53.2 Å². The Balaban J connectivity index is 1.02. The molecule has 0 amide bonds. The van der Waals surface area contributed by atoms with Crippen molar-refractivity contribution in [3.05, 3.63) is 11.6 Å². The van der Waals surface area contributed by atoms with Gasteiger partial charge in [-0.25, -0.2) is 0 Å². The van der Waals surface area contributed by atoms with Crippen molar-refractivity contribution < 1.29 is 94.5 Å². The normalized spacial score (nSPS) is 54.8. The SMILES string of the molecule is C[C@@H]1C2CC[C@]3(C)C(CC=C4[C@@H]5CC(C)(C)CC[C@]5(C(=O)O[C@@H]5O[C@H](CO)[C@@H](O)[C@H](O)[C@H]5O)CC[C@]43C)[C@@]2(C)C[C@H](O)[C@@H]1O[C@@H]1O[C@H](CO)[C@@H](O)[C@H](O[C@@H]2O[C@H](CO)[C@@H](O)[C@H](O)[C@H]2O)[C@H]1O. The molecule has 8 rings (SSSR count). The van der Waals surface area contributed by atoms with Gasteiger partial charge in [-0.3, -0.25) is 4.79 Å². The quantitative estimate of drug-likeness (QED) is 0.0728. The summed E-state index contributed by atoms with van der Waals surface area (Å²) in [6.45, 7) is 11.3. The summed E-state index contributed by atoms with van der Waals surface area (Å²) in [6, 6.07) is 0. The van der Waals surface area contributed by atoms with E-state index >= 15 is 0 Å². The molecule has 12 N–H and O–H groups in total. The number of carbonyl (C=O) groups is 1. The average molecular weight is 945 g/mol. The van der Waals surface area contributed by atoms with Crippen LogP contribution >= 0.6 is 0 Å². The molecule has 25 atom stereocenters. The first-order valence-electron chi connectivity index (χ1n) is 24.1. The zero-order valence-electron chi connectivity index (χ0n) is 38.9. The Morgan fingerprint density at radius 3 is 1.77 bits per heavy atom. The fraction of sp³-hybridized carbons (Fsp3) is 0.936. The third-order valence-electron chi connectivity index (χ3n) is 18.9. The molecule has 3 aliphatic heterocycles. The number of fused-ring (bicyclic) bond motifs is 7. The molecular formula is C47H76O19. The van der Waals surface area contributed by atoms with Crippen molar-refractivity contribution in [1.82, 2.24) is 0 Å². The highest BCUT2D eigenvalue weighted by Crippen LogP contribution is 2.75. The van der Waals surface area contributed by atoms with Crippen LogP contribution in [0.2, 0.25) is 0 Å². The number of rotatable bonds is 9. The van der Waals surface area contributed by atoms with Gasteiger partial charge >= 0.3 is 5.97 Å². The Hall–Kier alpha value is -1.47. The molecule has 0 radical (unpaired) electrons. The van der Waals surface area contributed by atoms with Gasteiger partial charge in [0.25, 0.3) is 0 Å². The number of hydrogen-bond acceptors (Lipinski definition) is 19. The average Bonchev–Trinajstić information content (AvgIpc) is 3.27. The van der Waals surface area contributed by atoms with E-state index in [2.05, 4.69) is 40.7 Å². The molecule has 4 saturated carbocycles. The first kappa shape index (κ1) is 50.9. The smallest absolute Gasteiger partial charge is 0.315 e. The van der Waals surface area contributed by atoms with Gasteiger partial charge in [-0.05, 0) is 103 Å². The number of hydrogen-bond donors (Lipinski definition) is 12. The summed E-state index contributed by atoms with van der Waals surface area (Å²) in [4.78, 5) is 14.6. The molecule has 3 heterocycles. The van der Waals surface area contributed by atoms with Crippen LogP contribution in [0.25, 0.3) is 0 Å². The second-order valence-electron chi connectivity index (χ2n) is 22.8. The number of carbonyl (C=O) groups excluding carboxylic acids is 1. The van der Waals surface area contributed by atoms with Crippen molar-refractivity contribution >= 4 is 5.97 Å². The highest BCUT2D eigenvalue weighted by Gasteiger charge is 2.70. The Labute approximate surface area is 385 Å². The van der Waals surface area contributed by atoms with Gasteiger partial charge in [0.1, 0.15) is 73.2 Å². The van der Waals surface area contributed by atoms with Crippen molar-refractivity contribution in [3.8, 4) is 0 Å². The summed E-state index contributed by atoms with van der Waals surface area (Å²) in [7, 11) is 0. The lowest BCUT2D eigenvalue weighted by Gasteiger charge is -2.70. The lowest BCUT2D eigenvalue weighted by atomic mass is 9.34. The number of aliphatic hydroxyl groups is 12. The maximum absolute atomic E-state index is 14.6. The van der Waals surface area contributed by atoms with Crippen LogP contribution in [-0.4, -0.2) is 191 Å². The van der Waals surface area contributed by atoms with E-state index in [0.717, 1.165) is 25.7 Å². The number of aliphatic hydroxyl groups excluding tert-OH is 12. The first-order valence-corrected chi connectivity index (χ1v) is 24.1. The van der Waals surface area contributed by atoms with Crippen LogP contribution in [0.4, 0.5) is 0 Å². The molecule has 0 bridgehead atoms. The molecule has 19 heteroatoms. The van der Waals surface area contributed by atoms with Gasteiger partial charge in [-0.15, -0.1) is 0 Å². The van der Waals surface area contributed by atoms with Gasteiger partial charge in [-0.2, -0.15) is 0 Å². The molecule has 2 unspecified atom stereocenters. The monoisotopic (exact) mass is 944 g/mol. The highest BCUT2D eigenvalue weighted by atomic mass is 16.7. The zero-order chi connectivity index (χ0) is 48.2. The number of allylic oxidation sites excluding steroid dienone is 2. The number of ether oxygens (including phenoxy) is 6. The highest BCUT2D eigenvalue weighted by molar-refractivity contribution is 5.79. The van der Waals surface area contributed by atoms with Gasteiger partial charge < -0.3 is 89.7 Å². The van der Waals surface area contributed by atoms with E-state index in [0.29, 0.717) is 32.1 Å². The van der Waals surface area contributed by atoms with Gasteiger partial charge in [0, 0.05) is 0 Å². The van der Waals surface area contributed by atoms with Crippen LogP contribution < -0.4 is 0 Å². The predicted molar refractivity (Wildman–Crippen MR) is 227 cm³/mol. The van der Waals surface area contributed by atoms with E-state index in [1.165, 1.54) is 5.57 Å². The molecule has 378 valence electrons. The molecule has 0 aromatic carbocycles. The summed E-state index contributed by atoms with van der Waals surface area (Å²) < 4.78 is 35.2. The minimum Gasteiger partial charge on any atom is -0.432 e. The molecule has 7 fully saturated rings. The van der Waals surface area contributed by atoms with Crippen molar-refractivity contribution in [2.75, 3.05) is 19.8 Å². The van der Waals surface area contributed by atoms with Crippen LogP contribution in [0.5, 0.6) is 0 Å². The lowest BCUT2D eigenvalue weighted by molar-refractivity contribution is -0.370. The van der Waals surface area contributed by atoms with Gasteiger partial charge in [0.2, 0.25) is 6.29 Å². The van der Waals surface area contributed by atoms with Crippen molar-refractivity contribution in [1.29, 1.82) is 0 Å². The summed E-state index contributed by atoms with van der Waals surface area (Å²) in [5, 5.41) is 127. The standard InChI is InChI=1S/C47H76O19/c1-20-21-9-10-46(6)28(8-7-22-23-15-43(2,3)11-13-47(23,14-12-45(22,46)5)42(60)66-40-35(58)33(56)30(53)26(18-49)62-40)44(21,4)16-24(51)37(20)64-41-36(59)38(31(54)27(19-50)63-41)65-39-34(57)32(55)29(52)25(17-48)61-39/h7,20-21,23-41,48-59H,8-19H2,1-6H3/t20-,21?,23+,24+,25-,26-,27-,28?,29-,30-,31-,32+,33+,34-,35-,36-,37-,38+,39+,40+,41+,44+,45-,46-,47+/m1/s1. The first-order chi connectivity index (χ1) is 30.9. The van der Waals surface area contributed by atoms with Gasteiger partial charge in [0.05, 0.1) is 37.4 Å². The summed E-state index contributed by atoms with van der Waals surface area (Å²) >= 11 is 0. The molecule has 0 spiro atoms. The van der Waals surface area contributed by atoms with E-state index in [4.69, 9.17) is 28.4 Å². The van der Waals surface area contributed by atoms with E-state index < -0.39 is 136 Å². The second-order valence-corrected chi connectivity index (χ2v) is 22.8. The van der Waals surface area contributed by atoms with Crippen molar-refractivity contribution in [2.24, 2.45) is 50.7 Å². The maximum Gasteiger partial charge on any atom is 0.315 e. The third kappa shape index (κ3) is 7.95. The fourth-order valence-electron chi connectivity index (χ4n) is 14.7. The summed E-state index contributed by atoms with van der Waals surface area (Å²) in [6.07, 6.45) is -17.5. The largest absolute Gasteiger partial charge is 0.432 e. The second kappa shape index (κ2) is 18.3. The van der Waals surface area contributed by atoms with Crippen LogP contribution in [0.15, 0.2) is 11.6 Å². The Morgan fingerprint density at radius 1 is 0.636 bits per heavy atom. The predicted octanol–water partition coefficient (Wildman–Crippen LogP) is -1.28. The zero-order valence-corrected chi connectivity index (χ0v) is 38.9. The molecule has 3 saturated heterocycles. The fourth-order valence-corrected chi connectivity index (χ4v) is 14.7. The topological polar surface area (TPSA) is 315 Å². The minimum absolute atomic E-state index is 0.0495. The van der Waals surface area contributed by atoms with Crippen LogP contribution in [0.1, 0.15) is 99.3 Å². The Morgan fingerprint density at radius 2 is 1.17 bits per heavy atom. The van der Waals surface area contributed by atoms with Gasteiger partial charge in [0.15, 0.2) is 12.6 Å². The molecular weight excluding hydrogens is 868 g/mol. The van der Waals surface area contributed by atoms with Crippen LogP contribution in [0.3, 0.4) is 0 Å². The summed E-state index contributed by atoms with van der Waals surface area (Å²) in [5.74, 6) is -0.814.